The lowest BCUT2D eigenvalue weighted by atomic mass is 10.1. The molecule has 26 heavy (non-hydrogen) atoms. The van der Waals surface area contributed by atoms with Gasteiger partial charge in [-0.3, -0.25) is 4.79 Å². The average molecular weight is 364 g/mol. The maximum absolute atomic E-state index is 13.4. The molecular weight excluding hydrogens is 349 g/mol. The summed E-state index contributed by atoms with van der Waals surface area (Å²) in [5.74, 6) is -0.705. The minimum Gasteiger partial charge on any atom is -0.378 e. The van der Waals surface area contributed by atoms with E-state index < -0.39 is 17.6 Å². The smallest absolute Gasteiger partial charge is 0.378 e. The summed E-state index contributed by atoms with van der Waals surface area (Å²) in [7, 11) is 3.27. The molecule has 0 saturated carbocycles. The molecule has 9 heteroatoms. The van der Waals surface area contributed by atoms with Crippen LogP contribution < -0.4 is 10.2 Å². The number of anilines is 2. The van der Waals surface area contributed by atoms with Gasteiger partial charge in [0.25, 0.3) is 11.6 Å². The Morgan fingerprint density at radius 1 is 1.23 bits per heavy atom. The highest BCUT2D eigenvalue weighted by Gasteiger charge is 2.34. The number of pyridine rings is 1. The fraction of sp³-hybridized carbons (Fsp3) is 0.235. The molecule has 1 N–H and O–H groups in total. The summed E-state index contributed by atoms with van der Waals surface area (Å²) in [5.41, 5.74) is 0.0217. The van der Waals surface area contributed by atoms with E-state index in [1.165, 1.54) is 24.4 Å². The third-order valence-corrected chi connectivity index (χ3v) is 3.85. The van der Waals surface area contributed by atoms with Gasteiger partial charge in [-0.05, 0) is 31.2 Å². The third-order valence-electron chi connectivity index (χ3n) is 3.85. The fourth-order valence-electron chi connectivity index (χ4n) is 2.42. The molecule has 0 bridgehead atoms. The number of hydrogen-bond acceptors (Lipinski definition) is 5. The van der Waals surface area contributed by atoms with Gasteiger partial charge in [-0.25, -0.2) is 4.98 Å². The van der Waals surface area contributed by atoms with Crippen molar-refractivity contribution >= 4 is 28.4 Å². The first-order valence-electron chi connectivity index (χ1n) is 7.59. The Balaban J connectivity index is 1.96. The van der Waals surface area contributed by atoms with Crippen LogP contribution >= 0.6 is 0 Å². The molecule has 0 radical (unpaired) electrons. The van der Waals surface area contributed by atoms with Crippen LogP contribution in [0.5, 0.6) is 0 Å². The number of fused-ring (bicyclic) bond motifs is 1. The molecule has 0 unspecified atom stereocenters. The normalized spacial score (nSPS) is 11.6. The van der Waals surface area contributed by atoms with Crippen molar-refractivity contribution in [1.82, 2.24) is 10.1 Å². The first-order valence-corrected chi connectivity index (χ1v) is 7.59. The van der Waals surface area contributed by atoms with E-state index in [1.54, 1.807) is 25.9 Å². The van der Waals surface area contributed by atoms with Crippen molar-refractivity contribution in [3.8, 4) is 0 Å². The van der Waals surface area contributed by atoms with Gasteiger partial charge in [0.15, 0.2) is 0 Å². The molecule has 0 aliphatic heterocycles. The van der Waals surface area contributed by atoms with Gasteiger partial charge in [0.05, 0.1) is 27.9 Å². The number of halogens is 3. The molecule has 1 aromatic carbocycles. The lowest BCUT2D eigenvalue weighted by Crippen LogP contribution is -2.18. The zero-order chi connectivity index (χ0) is 19.1. The Labute approximate surface area is 146 Å². The van der Waals surface area contributed by atoms with Crippen LogP contribution in [-0.2, 0) is 6.18 Å². The van der Waals surface area contributed by atoms with E-state index >= 15 is 0 Å². The maximum atomic E-state index is 13.4. The number of aromatic nitrogens is 2. The van der Waals surface area contributed by atoms with Crippen molar-refractivity contribution in [2.45, 2.75) is 13.1 Å². The molecule has 0 fully saturated rings. The summed E-state index contributed by atoms with van der Waals surface area (Å²) >= 11 is 0. The molecule has 0 atom stereocenters. The van der Waals surface area contributed by atoms with Gasteiger partial charge < -0.3 is 14.7 Å². The Morgan fingerprint density at radius 3 is 2.62 bits per heavy atom. The van der Waals surface area contributed by atoms with Gasteiger partial charge in [-0.1, -0.05) is 5.16 Å². The van der Waals surface area contributed by atoms with Crippen molar-refractivity contribution in [2.24, 2.45) is 0 Å². The van der Waals surface area contributed by atoms with Gasteiger partial charge >= 0.3 is 6.18 Å². The number of alkyl halides is 3. The first-order chi connectivity index (χ1) is 12.2. The first kappa shape index (κ1) is 17.7. The number of amides is 1. The minimum atomic E-state index is -4.61. The number of rotatable bonds is 3. The van der Waals surface area contributed by atoms with Crippen molar-refractivity contribution in [2.75, 3.05) is 24.3 Å². The highest BCUT2D eigenvalue weighted by Crippen LogP contribution is 2.37. The van der Waals surface area contributed by atoms with Crippen molar-refractivity contribution in [3.05, 3.63) is 47.3 Å². The Kier molecular flexibility index (Phi) is 4.31. The van der Waals surface area contributed by atoms with Crippen LogP contribution in [-0.4, -0.2) is 30.1 Å². The summed E-state index contributed by atoms with van der Waals surface area (Å²) in [6.07, 6.45) is -3.38. The van der Waals surface area contributed by atoms with E-state index in [1.807, 2.05) is 0 Å². The van der Waals surface area contributed by atoms with E-state index in [-0.39, 0.29) is 17.0 Å². The van der Waals surface area contributed by atoms with Crippen molar-refractivity contribution in [1.29, 1.82) is 0 Å². The number of carbonyl (C=O) groups is 1. The zero-order valence-corrected chi connectivity index (χ0v) is 14.2. The summed E-state index contributed by atoms with van der Waals surface area (Å²) in [4.78, 5) is 17.9. The molecule has 136 valence electrons. The van der Waals surface area contributed by atoms with Crippen LogP contribution in [0.1, 0.15) is 21.6 Å². The molecule has 2 aromatic heterocycles. The van der Waals surface area contributed by atoms with Crippen LogP contribution in [0.3, 0.4) is 0 Å². The molecule has 3 aromatic rings. The maximum Gasteiger partial charge on any atom is 0.418 e. The van der Waals surface area contributed by atoms with E-state index in [9.17, 15) is 18.0 Å². The fourth-order valence-corrected chi connectivity index (χ4v) is 2.42. The topological polar surface area (TPSA) is 71.3 Å². The Bertz CT molecular complexity index is 980. The standard InChI is InChI=1S/C17H15F3N4O2/c1-9-12-6-10(8-21-16(12)26-23-9)15(25)22-14-5-4-11(24(2)3)7-13(14)17(18,19)20/h4-8H,1-3H3,(H,22,25). The number of nitrogens with zero attached hydrogens (tertiary/aromatic N) is 3. The summed E-state index contributed by atoms with van der Waals surface area (Å²) < 4.78 is 45.0. The molecule has 2 heterocycles. The van der Waals surface area contributed by atoms with Gasteiger partial charge in [0.1, 0.15) is 0 Å². The lowest BCUT2D eigenvalue weighted by molar-refractivity contribution is -0.136. The second-order valence-corrected chi connectivity index (χ2v) is 5.92. The van der Waals surface area contributed by atoms with Crippen molar-refractivity contribution < 1.29 is 22.5 Å². The molecule has 0 aliphatic carbocycles. The molecule has 6 nitrogen and oxygen atoms in total. The number of aryl methyl sites for hydroxylation is 1. The molecule has 0 spiro atoms. The molecule has 0 aliphatic rings. The van der Waals surface area contributed by atoms with Gasteiger partial charge in [-0.2, -0.15) is 13.2 Å². The van der Waals surface area contributed by atoms with Crippen LogP contribution in [0.15, 0.2) is 35.0 Å². The highest BCUT2D eigenvalue weighted by atomic mass is 19.4. The van der Waals surface area contributed by atoms with Gasteiger partial charge in [0, 0.05) is 26.0 Å². The molecule has 0 saturated heterocycles. The van der Waals surface area contributed by atoms with Crippen LogP contribution in [0.2, 0.25) is 0 Å². The van der Waals surface area contributed by atoms with E-state index in [4.69, 9.17) is 4.52 Å². The average Bonchev–Trinajstić information content (AvgIpc) is 2.94. The number of hydrogen-bond donors (Lipinski definition) is 1. The van der Waals surface area contributed by atoms with E-state index in [0.29, 0.717) is 16.8 Å². The molecular formula is C17H15F3N4O2. The Hall–Kier alpha value is -3.10. The van der Waals surface area contributed by atoms with E-state index in [0.717, 1.165) is 6.07 Å². The van der Waals surface area contributed by atoms with Gasteiger partial charge in [0.2, 0.25) is 0 Å². The van der Waals surface area contributed by atoms with Crippen LogP contribution in [0.4, 0.5) is 24.5 Å². The monoisotopic (exact) mass is 364 g/mol. The molecule has 3 rings (SSSR count). The lowest BCUT2D eigenvalue weighted by Gasteiger charge is -2.18. The largest absolute Gasteiger partial charge is 0.418 e. The predicted octanol–water partition coefficient (Wildman–Crippen LogP) is 3.87. The van der Waals surface area contributed by atoms with Crippen LogP contribution in [0.25, 0.3) is 11.1 Å². The second kappa shape index (κ2) is 6.32. The third kappa shape index (κ3) is 3.32. The Morgan fingerprint density at radius 2 is 1.96 bits per heavy atom. The minimum absolute atomic E-state index is 0.105. The number of carbonyl (C=O) groups excluding carboxylic acids is 1. The van der Waals surface area contributed by atoms with E-state index in [2.05, 4.69) is 15.5 Å². The number of benzene rings is 1. The number of nitrogens with one attached hydrogen (secondary N) is 1. The molecule has 1 amide bonds. The SMILES string of the molecule is Cc1noc2ncc(C(=O)Nc3ccc(N(C)C)cc3C(F)(F)F)cc12. The summed E-state index contributed by atoms with van der Waals surface area (Å²) in [5, 5.41) is 6.56. The highest BCUT2D eigenvalue weighted by molar-refractivity contribution is 6.06. The summed E-state index contributed by atoms with van der Waals surface area (Å²) in [6.45, 7) is 1.68. The van der Waals surface area contributed by atoms with Crippen molar-refractivity contribution in [3.63, 3.8) is 0 Å². The van der Waals surface area contributed by atoms with Crippen LogP contribution in [0, 0.1) is 6.92 Å². The predicted molar refractivity (Wildman–Crippen MR) is 90.3 cm³/mol. The quantitative estimate of drug-likeness (QED) is 0.764. The summed E-state index contributed by atoms with van der Waals surface area (Å²) in [6, 6.07) is 5.19. The second-order valence-electron chi connectivity index (χ2n) is 5.92. The van der Waals surface area contributed by atoms with Gasteiger partial charge in [-0.15, -0.1) is 0 Å². The zero-order valence-electron chi connectivity index (χ0n) is 14.2.